The van der Waals surface area contributed by atoms with Crippen molar-refractivity contribution in [3.05, 3.63) is 60.4 Å². The molecule has 0 atom stereocenters. The molecule has 0 unspecified atom stereocenters. The minimum atomic E-state index is -0.0627. The second-order valence-electron chi connectivity index (χ2n) is 8.35. The van der Waals surface area contributed by atoms with Crippen molar-refractivity contribution >= 4 is 16.8 Å². The molecule has 150 valence electrons. The minimum absolute atomic E-state index is 0.0519. The molecule has 1 N–H and O–H groups in total. The van der Waals surface area contributed by atoms with Crippen LogP contribution in [0.5, 0.6) is 0 Å². The standard InChI is InChI=1S/C24H28N4O/c1-24(2,28-14-6-3-7-15-28)17-26-23(29)20-16-22(18-10-12-25-13-11-18)27-21-9-5-4-8-19(20)21/h4-5,8-13,16H,3,6-7,14-15,17H2,1-2H3,(H,26,29). The molecule has 1 saturated heterocycles. The number of pyridine rings is 2. The molecule has 1 aromatic carbocycles. The molecule has 4 rings (SSSR count). The predicted octanol–water partition coefficient (Wildman–Crippen LogP) is 4.29. The molecule has 0 radical (unpaired) electrons. The minimum Gasteiger partial charge on any atom is -0.350 e. The Morgan fingerprint density at radius 2 is 1.79 bits per heavy atom. The molecule has 5 heteroatoms. The van der Waals surface area contributed by atoms with Gasteiger partial charge in [-0.1, -0.05) is 24.6 Å². The van der Waals surface area contributed by atoms with Crippen LogP contribution in [0.15, 0.2) is 54.9 Å². The van der Waals surface area contributed by atoms with Crippen LogP contribution in [0.25, 0.3) is 22.2 Å². The smallest absolute Gasteiger partial charge is 0.252 e. The number of hydrogen-bond donors (Lipinski definition) is 1. The first-order chi connectivity index (χ1) is 14.0. The first-order valence-corrected chi connectivity index (χ1v) is 10.4. The predicted molar refractivity (Wildman–Crippen MR) is 117 cm³/mol. The van der Waals surface area contributed by atoms with E-state index in [1.807, 2.05) is 42.5 Å². The SMILES string of the molecule is CC(C)(CNC(=O)c1cc(-c2ccncc2)nc2ccccc12)N1CCCCC1. The van der Waals surface area contributed by atoms with Crippen LogP contribution in [-0.2, 0) is 0 Å². The monoisotopic (exact) mass is 388 g/mol. The highest BCUT2D eigenvalue weighted by Gasteiger charge is 2.28. The zero-order chi connectivity index (χ0) is 20.3. The van der Waals surface area contributed by atoms with Gasteiger partial charge < -0.3 is 5.32 Å². The number of fused-ring (bicyclic) bond motifs is 1. The fourth-order valence-electron chi connectivity index (χ4n) is 4.04. The van der Waals surface area contributed by atoms with E-state index in [2.05, 4.69) is 29.0 Å². The van der Waals surface area contributed by atoms with Gasteiger partial charge >= 0.3 is 0 Å². The molecular weight excluding hydrogens is 360 g/mol. The number of hydrogen-bond acceptors (Lipinski definition) is 4. The fourth-order valence-corrected chi connectivity index (χ4v) is 4.04. The molecule has 0 aliphatic carbocycles. The zero-order valence-electron chi connectivity index (χ0n) is 17.2. The number of benzene rings is 1. The molecule has 0 bridgehead atoms. The Balaban J connectivity index is 1.61. The van der Waals surface area contributed by atoms with Gasteiger partial charge in [-0.3, -0.25) is 14.7 Å². The maximum absolute atomic E-state index is 13.2. The van der Waals surface area contributed by atoms with E-state index in [-0.39, 0.29) is 11.4 Å². The van der Waals surface area contributed by atoms with Crippen molar-refractivity contribution < 1.29 is 4.79 Å². The van der Waals surface area contributed by atoms with Crippen LogP contribution in [0.3, 0.4) is 0 Å². The number of likely N-dealkylation sites (tertiary alicyclic amines) is 1. The van der Waals surface area contributed by atoms with Gasteiger partial charge in [0.1, 0.15) is 0 Å². The lowest BCUT2D eigenvalue weighted by Crippen LogP contribution is -2.53. The highest BCUT2D eigenvalue weighted by Crippen LogP contribution is 2.25. The summed E-state index contributed by atoms with van der Waals surface area (Å²) in [4.78, 5) is 24.5. The van der Waals surface area contributed by atoms with Gasteiger partial charge in [-0.05, 0) is 64.0 Å². The first-order valence-electron chi connectivity index (χ1n) is 10.4. The third-order valence-electron chi connectivity index (χ3n) is 5.83. The molecule has 0 saturated carbocycles. The van der Waals surface area contributed by atoms with Crippen LogP contribution >= 0.6 is 0 Å². The molecule has 1 aliphatic rings. The topological polar surface area (TPSA) is 58.1 Å². The Morgan fingerprint density at radius 3 is 2.55 bits per heavy atom. The first kappa shape index (κ1) is 19.5. The molecule has 1 fully saturated rings. The van der Waals surface area contributed by atoms with Gasteiger partial charge in [-0.2, -0.15) is 0 Å². The van der Waals surface area contributed by atoms with Crippen LogP contribution in [-0.4, -0.2) is 45.9 Å². The largest absolute Gasteiger partial charge is 0.350 e. The van der Waals surface area contributed by atoms with Crippen molar-refractivity contribution in [2.24, 2.45) is 0 Å². The maximum Gasteiger partial charge on any atom is 0.252 e. The molecule has 1 amide bonds. The van der Waals surface area contributed by atoms with E-state index in [1.54, 1.807) is 12.4 Å². The highest BCUT2D eigenvalue weighted by molar-refractivity contribution is 6.07. The zero-order valence-corrected chi connectivity index (χ0v) is 17.2. The number of aromatic nitrogens is 2. The summed E-state index contributed by atoms with van der Waals surface area (Å²) in [6.45, 7) is 7.25. The summed E-state index contributed by atoms with van der Waals surface area (Å²) in [5, 5.41) is 4.06. The lowest BCUT2D eigenvalue weighted by atomic mass is 9.98. The van der Waals surface area contributed by atoms with E-state index in [1.165, 1.54) is 19.3 Å². The average molecular weight is 389 g/mol. The summed E-state index contributed by atoms with van der Waals surface area (Å²) in [7, 11) is 0. The summed E-state index contributed by atoms with van der Waals surface area (Å²) in [6, 6.07) is 13.5. The van der Waals surface area contributed by atoms with E-state index in [4.69, 9.17) is 4.98 Å². The van der Waals surface area contributed by atoms with Crippen LogP contribution in [0.4, 0.5) is 0 Å². The Kier molecular flexibility index (Phi) is 5.58. The van der Waals surface area contributed by atoms with Crippen molar-refractivity contribution in [2.45, 2.75) is 38.6 Å². The van der Waals surface area contributed by atoms with Crippen molar-refractivity contribution in [1.29, 1.82) is 0 Å². The average Bonchev–Trinajstić information content (AvgIpc) is 2.78. The molecule has 3 aromatic rings. The lowest BCUT2D eigenvalue weighted by Gasteiger charge is -2.41. The third-order valence-corrected chi connectivity index (χ3v) is 5.83. The van der Waals surface area contributed by atoms with Gasteiger partial charge in [0.05, 0.1) is 16.8 Å². The fraction of sp³-hybridized carbons (Fsp3) is 0.375. The highest BCUT2D eigenvalue weighted by atomic mass is 16.1. The van der Waals surface area contributed by atoms with Crippen LogP contribution in [0, 0.1) is 0 Å². The van der Waals surface area contributed by atoms with E-state index >= 15 is 0 Å². The third kappa shape index (κ3) is 4.30. The van der Waals surface area contributed by atoms with Gasteiger partial charge in [-0.25, -0.2) is 4.98 Å². The van der Waals surface area contributed by atoms with E-state index in [9.17, 15) is 4.79 Å². The summed E-state index contributed by atoms with van der Waals surface area (Å²) in [5.74, 6) is -0.0519. The molecule has 2 aromatic heterocycles. The van der Waals surface area contributed by atoms with Crippen molar-refractivity contribution in [3.8, 4) is 11.3 Å². The van der Waals surface area contributed by atoms with Gasteiger partial charge in [0.2, 0.25) is 0 Å². The van der Waals surface area contributed by atoms with Crippen LogP contribution in [0.2, 0.25) is 0 Å². The van der Waals surface area contributed by atoms with Gasteiger partial charge in [0.25, 0.3) is 5.91 Å². The van der Waals surface area contributed by atoms with E-state index in [0.717, 1.165) is 35.2 Å². The number of rotatable bonds is 5. The number of carbonyl (C=O) groups excluding carboxylic acids is 1. The molecule has 1 aliphatic heterocycles. The summed E-state index contributed by atoms with van der Waals surface area (Å²) >= 11 is 0. The van der Waals surface area contributed by atoms with Gasteiger partial charge in [-0.15, -0.1) is 0 Å². The molecular formula is C24H28N4O. The second-order valence-corrected chi connectivity index (χ2v) is 8.35. The Labute approximate surface area is 172 Å². The summed E-state index contributed by atoms with van der Waals surface area (Å²) in [6.07, 6.45) is 7.27. The number of piperidine rings is 1. The summed E-state index contributed by atoms with van der Waals surface area (Å²) in [5.41, 5.74) is 3.16. The molecule has 3 heterocycles. The number of amides is 1. The maximum atomic E-state index is 13.2. The van der Waals surface area contributed by atoms with E-state index in [0.29, 0.717) is 12.1 Å². The second kappa shape index (κ2) is 8.29. The van der Waals surface area contributed by atoms with Crippen LogP contribution < -0.4 is 5.32 Å². The number of carbonyl (C=O) groups is 1. The molecule has 0 spiro atoms. The number of nitrogens with zero attached hydrogens (tertiary/aromatic N) is 3. The van der Waals surface area contributed by atoms with Crippen molar-refractivity contribution in [2.75, 3.05) is 19.6 Å². The van der Waals surface area contributed by atoms with Gasteiger partial charge in [0.15, 0.2) is 0 Å². The molecule has 5 nitrogen and oxygen atoms in total. The van der Waals surface area contributed by atoms with Crippen molar-refractivity contribution in [3.63, 3.8) is 0 Å². The van der Waals surface area contributed by atoms with Gasteiger partial charge in [0, 0.05) is 35.4 Å². The van der Waals surface area contributed by atoms with Crippen LogP contribution in [0.1, 0.15) is 43.5 Å². The Morgan fingerprint density at radius 1 is 1.07 bits per heavy atom. The number of para-hydroxylation sites is 1. The quantitative estimate of drug-likeness (QED) is 0.708. The molecule has 29 heavy (non-hydrogen) atoms. The summed E-state index contributed by atoms with van der Waals surface area (Å²) < 4.78 is 0. The lowest BCUT2D eigenvalue weighted by molar-refractivity contribution is 0.0798. The van der Waals surface area contributed by atoms with E-state index < -0.39 is 0 Å². The Hall–Kier alpha value is -2.79. The Bertz CT molecular complexity index is 994. The number of nitrogens with one attached hydrogen (secondary N) is 1. The normalized spacial score (nSPS) is 15.4. The van der Waals surface area contributed by atoms with Crippen molar-refractivity contribution in [1.82, 2.24) is 20.2 Å².